The van der Waals surface area contributed by atoms with Crippen LogP contribution in [0.3, 0.4) is 0 Å². The maximum Gasteiger partial charge on any atom is 0.206 e. The van der Waals surface area contributed by atoms with Crippen LogP contribution in [0.25, 0.3) is 11.0 Å². The molecule has 0 fully saturated rings. The van der Waals surface area contributed by atoms with E-state index in [0.29, 0.717) is 5.58 Å². The Morgan fingerprint density at radius 1 is 1.29 bits per heavy atom. The Morgan fingerprint density at radius 3 is 2.81 bits per heavy atom. The van der Waals surface area contributed by atoms with Gasteiger partial charge < -0.3 is 8.98 Å². The van der Waals surface area contributed by atoms with Crippen LogP contribution in [0.1, 0.15) is 27.6 Å². The molecule has 0 radical (unpaired) electrons. The number of aryl methyl sites for hydroxylation is 1. The van der Waals surface area contributed by atoms with Crippen molar-refractivity contribution in [1.29, 1.82) is 0 Å². The molecule has 2 heterocycles. The van der Waals surface area contributed by atoms with E-state index in [9.17, 15) is 9.59 Å². The molecule has 5 nitrogen and oxygen atoms in total. The number of hydrogen-bond acceptors (Lipinski definition) is 4. The van der Waals surface area contributed by atoms with Gasteiger partial charge in [0, 0.05) is 29.3 Å². The lowest BCUT2D eigenvalue weighted by atomic mass is 10.1. The molecule has 0 atom stereocenters. The average Bonchev–Trinajstić information content (AvgIpc) is 3.04. The highest BCUT2D eigenvalue weighted by atomic mass is 79.9. The maximum absolute atomic E-state index is 12.2. The van der Waals surface area contributed by atoms with Gasteiger partial charge in [-0.2, -0.15) is 0 Å². The molecule has 0 aliphatic rings. The number of nitrogens with zero attached hydrogens (tertiary/aromatic N) is 2. The van der Waals surface area contributed by atoms with Crippen LogP contribution in [-0.4, -0.2) is 21.1 Å². The van der Waals surface area contributed by atoms with Gasteiger partial charge in [0.05, 0.1) is 6.42 Å². The van der Waals surface area contributed by atoms with E-state index in [1.165, 1.54) is 6.20 Å². The quantitative estimate of drug-likeness (QED) is 0.536. The Labute approximate surface area is 128 Å². The number of ketones is 2. The average molecular weight is 347 g/mol. The topological polar surface area (TPSA) is 65.1 Å². The van der Waals surface area contributed by atoms with Gasteiger partial charge in [0.1, 0.15) is 5.58 Å². The van der Waals surface area contributed by atoms with Gasteiger partial charge in [-0.05, 0) is 24.3 Å². The SMILES string of the molecule is Cn1ccnc1C(=O)CC(=O)c1cc2cc(Br)ccc2o1. The van der Waals surface area contributed by atoms with Gasteiger partial charge in [-0.15, -0.1) is 0 Å². The third-order valence-electron chi connectivity index (χ3n) is 3.14. The fourth-order valence-electron chi connectivity index (χ4n) is 2.10. The molecule has 106 valence electrons. The number of carbonyl (C=O) groups excluding carboxylic acids is 2. The minimum absolute atomic E-state index is 0.186. The number of fused-ring (bicyclic) bond motifs is 1. The number of halogens is 1. The van der Waals surface area contributed by atoms with Crippen LogP contribution in [0.2, 0.25) is 0 Å². The Kier molecular flexibility index (Phi) is 3.47. The number of rotatable bonds is 4. The summed E-state index contributed by atoms with van der Waals surface area (Å²) in [6.45, 7) is 0. The lowest BCUT2D eigenvalue weighted by Gasteiger charge is -1.99. The molecule has 0 saturated carbocycles. The monoisotopic (exact) mass is 346 g/mol. The molecule has 0 aliphatic heterocycles. The molecular weight excluding hydrogens is 336 g/mol. The number of carbonyl (C=O) groups is 2. The second-order valence-electron chi connectivity index (χ2n) is 4.68. The largest absolute Gasteiger partial charge is 0.453 e. The summed E-state index contributed by atoms with van der Waals surface area (Å²) in [6, 6.07) is 7.11. The van der Waals surface area contributed by atoms with E-state index in [4.69, 9.17) is 4.42 Å². The summed E-state index contributed by atoms with van der Waals surface area (Å²) in [7, 11) is 1.71. The van der Waals surface area contributed by atoms with E-state index >= 15 is 0 Å². The molecule has 1 aromatic carbocycles. The van der Waals surface area contributed by atoms with Crippen LogP contribution >= 0.6 is 15.9 Å². The van der Waals surface area contributed by atoms with Gasteiger partial charge >= 0.3 is 0 Å². The number of furan rings is 1. The fourth-order valence-corrected chi connectivity index (χ4v) is 2.48. The first-order valence-electron chi connectivity index (χ1n) is 6.27. The van der Waals surface area contributed by atoms with Gasteiger partial charge in [0.2, 0.25) is 11.6 Å². The van der Waals surface area contributed by atoms with E-state index in [1.54, 1.807) is 29.9 Å². The fraction of sp³-hybridized carbons (Fsp3) is 0.133. The number of aromatic nitrogens is 2. The Hall–Kier alpha value is -2.21. The van der Waals surface area contributed by atoms with E-state index in [1.807, 2.05) is 12.1 Å². The van der Waals surface area contributed by atoms with Crippen molar-refractivity contribution in [2.24, 2.45) is 7.05 Å². The van der Waals surface area contributed by atoms with Crippen LogP contribution in [0, 0.1) is 0 Å². The smallest absolute Gasteiger partial charge is 0.206 e. The van der Waals surface area contributed by atoms with Crippen LogP contribution in [0.4, 0.5) is 0 Å². The van der Waals surface area contributed by atoms with Crippen molar-refractivity contribution >= 4 is 38.5 Å². The Morgan fingerprint density at radius 2 is 2.10 bits per heavy atom. The molecule has 6 heteroatoms. The summed E-state index contributed by atoms with van der Waals surface area (Å²) in [5, 5.41) is 0.817. The molecule has 0 saturated heterocycles. The number of Topliss-reactive ketones (excluding diaryl/α,β-unsaturated/α-hetero) is 2. The summed E-state index contributed by atoms with van der Waals surface area (Å²) in [4.78, 5) is 28.1. The zero-order valence-electron chi connectivity index (χ0n) is 11.2. The molecule has 3 rings (SSSR count). The summed E-state index contributed by atoms with van der Waals surface area (Å²) in [5.74, 6) is -0.225. The summed E-state index contributed by atoms with van der Waals surface area (Å²) < 4.78 is 7.97. The third kappa shape index (κ3) is 2.67. The highest BCUT2D eigenvalue weighted by Crippen LogP contribution is 2.24. The van der Waals surface area contributed by atoms with Crippen molar-refractivity contribution in [3.63, 3.8) is 0 Å². The first-order chi connectivity index (χ1) is 10.0. The van der Waals surface area contributed by atoms with Crippen LogP contribution in [-0.2, 0) is 7.05 Å². The zero-order chi connectivity index (χ0) is 15.0. The summed E-state index contributed by atoms with van der Waals surface area (Å²) >= 11 is 3.36. The number of imidazole rings is 1. The van der Waals surface area contributed by atoms with Gasteiger partial charge in [-0.1, -0.05) is 15.9 Å². The molecule has 0 N–H and O–H groups in total. The van der Waals surface area contributed by atoms with Crippen molar-refractivity contribution in [2.75, 3.05) is 0 Å². The molecule has 0 amide bonds. The minimum Gasteiger partial charge on any atom is -0.453 e. The number of benzene rings is 1. The standard InChI is InChI=1S/C15H11BrN2O3/c1-18-5-4-17-15(18)12(20)8-11(19)14-7-9-6-10(16)2-3-13(9)21-14/h2-7H,8H2,1H3. The minimum atomic E-state index is -0.352. The second kappa shape index (κ2) is 5.29. The second-order valence-corrected chi connectivity index (χ2v) is 5.59. The van der Waals surface area contributed by atoms with Crippen molar-refractivity contribution in [1.82, 2.24) is 9.55 Å². The van der Waals surface area contributed by atoms with Gasteiger partial charge in [-0.25, -0.2) is 4.98 Å². The molecular formula is C15H11BrN2O3. The maximum atomic E-state index is 12.2. The van der Waals surface area contributed by atoms with Gasteiger partial charge in [0.15, 0.2) is 11.6 Å². The normalized spacial score (nSPS) is 11.0. The van der Waals surface area contributed by atoms with E-state index in [0.717, 1.165) is 9.86 Å². The van der Waals surface area contributed by atoms with Crippen molar-refractivity contribution in [3.8, 4) is 0 Å². The zero-order valence-corrected chi connectivity index (χ0v) is 12.8. The van der Waals surface area contributed by atoms with Crippen LogP contribution < -0.4 is 0 Å². The molecule has 3 aromatic rings. The predicted octanol–water partition coefficient (Wildman–Crippen LogP) is 3.38. The lowest BCUT2D eigenvalue weighted by molar-refractivity contribution is 0.0872. The van der Waals surface area contributed by atoms with E-state index in [2.05, 4.69) is 20.9 Å². The summed E-state index contributed by atoms with van der Waals surface area (Å²) in [5.41, 5.74) is 0.617. The Balaban J connectivity index is 1.84. The van der Waals surface area contributed by atoms with Gasteiger partial charge in [-0.3, -0.25) is 9.59 Å². The molecule has 0 aliphatic carbocycles. The molecule has 21 heavy (non-hydrogen) atoms. The first-order valence-corrected chi connectivity index (χ1v) is 7.07. The highest BCUT2D eigenvalue weighted by Gasteiger charge is 2.19. The number of hydrogen-bond donors (Lipinski definition) is 0. The molecule has 0 bridgehead atoms. The van der Waals surface area contributed by atoms with Crippen LogP contribution in [0.15, 0.2) is 45.5 Å². The lowest BCUT2D eigenvalue weighted by Crippen LogP contribution is -2.12. The van der Waals surface area contributed by atoms with E-state index in [-0.39, 0.29) is 29.6 Å². The van der Waals surface area contributed by atoms with E-state index < -0.39 is 0 Å². The van der Waals surface area contributed by atoms with Crippen molar-refractivity contribution in [2.45, 2.75) is 6.42 Å². The third-order valence-corrected chi connectivity index (χ3v) is 3.64. The Bertz CT molecular complexity index is 848. The van der Waals surface area contributed by atoms with Crippen molar-refractivity contribution in [3.05, 3.63) is 52.7 Å². The van der Waals surface area contributed by atoms with Gasteiger partial charge in [0.25, 0.3) is 0 Å². The molecule has 0 unspecified atom stereocenters. The first kappa shape index (κ1) is 13.8. The predicted molar refractivity (Wildman–Crippen MR) is 80.4 cm³/mol. The van der Waals surface area contributed by atoms with Crippen LogP contribution in [0.5, 0.6) is 0 Å². The molecule has 0 spiro atoms. The highest BCUT2D eigenvalue weighted by molar-refractivity contribution is 9.10. The molecule has 2 aromatic heterocycles. The van der Waals surface area contributed by atoms with Crippen molar-refractivity contribution < 1.29 is 14.0 Å². The summed E-state index contributed by atoms with van der Waals surface area (Å²) in [6.07, 6.45) is 2.93.